The average Bonchev–Trinajstić information content (AvgIpc) is 2.06. The van der Waals surface area contributed by atoms with Gasteiger partial charge in [0.2, 0.25) is 0 Å². The first-order valence-electron chi connectivity index (χ1n) is 3.94. The van der Waals surface area contributed by atoms with Gasteiger partial charge in [0, 0.05) is 18.6 Å². The van der Waals surface area contributed by atoms with Crippen LogP contribution in [0.4, 0.5) is 0 Å². The van der Waals surface area contributed by atoms with Gasteiger partial charge in [0.05, 0.1) is 0 Å². The number of aromatic nitrogens is 1. The molecule has 0 atom stereocenters. The number of thiol groups is 1. The Hall–Kier alpha value is -0.940. The molecule has 1 rings (SSSR count). The lowest BCUT2D eigenvalue weighted by Crippen LogP contribution is -2.31. The molecule has 1 heterocycles. The second-order valence-corrected chi connectivity index (χ2v) is 2.83. The van der Waals surface area contributed by atoms with Crippen LogP contribution in [0.15, 0.2) is 30.6 Å². The molecular formula is C8H14NO3S+. The second kappa shape index (κ2) is 7.70. The van der Waals surface area contributed by atoms with Crippen molar-refractivity contribution in [3.8, 4) is 0 Å². The van der Waals surface area contributed by atoms with Gasteiger partial charge < -0.3 is 0 Å². The fraction of sp³-hybridized carbons (Fsp3) is 0.375. The Bertz CT molecular complexity index is 277. The first kappa shape index (κ1) is 12.1. The molecular weight excluding hydrogens is 190 g/mol. The molecule has 0 aromatic carbocycles. The number of nitrogens with zero attached hydrogens (tertiary/aromatic N) is 1. The summed E-state index contributed by atoms with van der Waals surface area (Å²) in [5.74, 6) is 0. The number of aryl methyl sites for hydroxylation is 1. The van der Waals surface area contributed by atoms with Gasteiger partial charge in [0.1, 0.15) is 6.54 Å². The highest BCUT2D eigenvalue weighted by atomic mass is 32.2. The van der Waals surface area contributed by atoms with Crippen LogP contribution in [-0.4, -0.2) is 13.0 Å². The minimum Gasteiger partial charge on any atom is -0.288 e. The SMILES string of the molecule is CCC[n+]1ccccc1.O=[SH](=O)O. The van der Waals surface area contributed by atoms with E-state index < -0.39 is 11.0 Å². The third kappa shape index (κ3) is 8.97. The van der Waals surface area contributed by atoms with Crippen molar-refractivity contribution in [1.82, 2.24) is 0 Å². The van der Waals surface area contributed by atoms with E-state index in [0.717, 1.165) is 6.54 Å². The molecule has 5 heteroatoms. The lowest BCUT2D eigenvalue weighted by atomic mass is 10.4. The van der Waals surface area contributed by atoms with E-state index in [1.807, 2.05) is 6.07 Å². The Morgan fingerprint density at radius 2 is 1.69 bits per heavy atom. The van der Waals surface area contributed by atoms with Crippen LogP contribution >= 0.6 is 0 Å². The van der Waals surface area contributed by atoms with Gasteiger partial charge >= 0.3 is 0 Å². The Kier molecular flexibility index (Phi) is 7.14. The molecule has 0 aliphatic rings. The highest BCUT2D eigenvalue weighted by Gasteiger charge is 1.90. The summed E-state index contributed by atoms with van der Waals surface area (Å²) >= 11 is 0. The maximum atomic E-state index is 8.59. The van der Waals surface area contributed by atoms with E-state index in [2.05, 4.69) is 36.0 Å². The zero-order chi connectivity index (χ0) is 10.1. The lowest BCUT2D eigenvalue weighted by molar-refractivity contribution is -0.697. The first-order valence-corrected chi connectivity index (χ1v) is 5.07. The first-order chi connectivity index (χ1) is 6.16. The second-order valence-electron chi connectivity index (χ2n) is 2.35. The normalized spacial score (nSPS) is 9.15. The van der Waals surface area contributed by atoms with E-state index in [0.29, 0.717) is 0 Å². The molecule has 1 aromatic rings. The molecule has 0 unspecified atom stereocenters. The standard InChI is InChI=1S/C8H12N.H2O3S/c1-2-6-9-7-4-3-5-8-9;1-4(2)3/h3-5,7-8H,2,6H2,1H3;4H,(H,1,2,3)/q+1;. The zero-order valence-corrected chi connectivity index (χ0v) is 8.35. The Morgan fingerprint density at radius 1 is 1.23 bits per heavy atom. The van der Waals surface area contributed by atoms with Gasteiger partial charge in [-0.05, 0) is 0 Å². The Labute approximate surface area is 79.6 Å². The van der Waals surface area contributed by atoms with Crippen LogP contribution in [0.2, 0.25) is 0 Å². The largest absolute Gasteiger partial charge is 0.288 e. The molecule has 0 spiro atoms. The average molecular weight is 204 g/mol. The molecule has 0 saturated heterocycles. The molecule has 13 heavy (non-hydrogen) atoms. The predicted molar refractivity (Wildman–Crippen MR) is 49.9 cm³/mol. The van der Waals surface area contributed by atoms with Crippen LogP contribution in [0.1, 0.15) is 13.3 Å². The molecule has 1 N–H and O–H groups in total. The minimum atomic E-state index is -3.12. The van der Waals surface area contributed by atoms with Crippen LogP contribution in [0.25, 0.3) is 0 Å². The van der Waals surface area contributed by atoms with Crippen LogP contribution in [0.3, 0.4) is 0 Å². The predicted octanol–water partition coefficient (Wildman–Crippen LogP) is 0.455. The van der Waals surface area contributed by atoms with E-state index in [1.165, 1.54) is 6.42 Å². The molecule has 0 amide bonds. The van der Waals surface area contributed by atoms with Crippen LogP contribution in [0.5, 0.6) is 0 Å². The number of pyridine rings is 1. The van der Waals surface area contributed by atoms with Gasteiger partial charge in [-0.2, -0.15) is 0 Å². The van der Waals surface area contributed by atoms with Crippen molar-refractivity contribution in [2.24, 2.45) is 0 Å². The van der Waals surface area contributed by atoms with Crippen LogP contribution in [-0.2, 0) is 17.5 Å². The van der Waals surface area contributed by atoms with Gasteiger partial charge in [0.25, 0.3) is 11.0 Å². The highest BCUT2D eigenvalue weighted by Crippen LogP contribution is 1.78. The van der Waals surface area contributed by atoms with Gasteiger partial charge in [-0.15, -0.1) is 0 Å². The summed E-state index contributed by atoms with van der Waals surface area (Å²) in [4.78, 5) is 0. The number of rotatable bonds is 2. The smallest absolute Gasteiger partial charge is 0.254 e. The molecule has 74 valence electrons. The molecule has 0 radical (unpaired) electrons. The molecule has 0 fully saturated rings. The van der Waals surface area contributed by atoms with Crippen molar-refractivity contribution < 1.29 is 17.5 Å². The molecule has 0 aliphatic carbocycles. The van der Waals surface area contributed by atoms with E-state index in [9.17, 15) is 0 Å². The Balaban J connectivity index is 0.000000310. The molecule has 1 aromatic heterocycles. The quantitative estimate of drug-likeness (QED) is 0.418. The molecule has 0 aliphatic heterocycles. The summed E-state index contributed by atoms with van der Waals surface area (Å²) < 4.78 is 26.4. The highest BCUT2D eigenvalue weighted by molar-refractivity contribution is 7.66. The Morgan fingerprint density at radius 3 is 2.08 bits per heavy atom. The number of hydrogen-bond donors (Lipinski definition) is 2. The summed E-state index contributed by atoms with van der Waals surface area (Å²) in [6, 6.07) is 6.14. The van der Waals surface area contributed by atoms with Crippen LogP contribution in [0, 0.1) is 0 Å². The topological polar surface area (TPSA) is 58.2 Å². The molecule has 0 bridgehead atoms. The van der Waals surface area contributed by atoms with Crippen molar-refractivity contribution in [3.63, 3.8) is 0 Å². The monoisotopic (exact) mass is 204 g/mol. The fourth-order valence-electron chi connectivity index (χ4n) is 0.842. The zero-order valence-electron chi connectivity index (χ0n) is 7.46. The van der Waals surface area contributed by atoms with E-state index in [-0.39, 0.29) is 0 Å². The third-order valence-corrected chi connectivity index (χ3v) is 1.26. The molecule has 4 nitrogen and oxygen atoms in total. The summed E-state index contributed by atoms with van der Waals surface area (Å²) in [7, 11) is -3.12. The summed E-state index contributed by atoms with van der Waals surface area (Å²) in [6.07, 6.45) is 5.38. The molecule has 0 saturated carbocycles. The summed E-state index contributed by atoms with van der Waals surface area (Å²) in [5.41, 5.74) is 0. The minimum absolute atomic E-state index is 1.13. The van der Waals surface area contributed by atoms with Gasteiger partial charge in [-0.1, -0.05) is 13.0 Å². The maximum Gasteiger partial charge on any atom is 0.254 e. The van der Waals surface area contributed by atoms with Gasteiger partial charge in [0.15, 0.2) is 12.4 Å². The third-order valence-electron chi connectivity index (χ3n) is 1.26. The van der Waals surface area contributed by atoms with Crippen molar-refractivity contribution in [1.29, 1.82) is 0 Å². The van der Waals surface area contributed by atoms with Gasteiger partial charge in [-0.25, -0.2) is 13.0 Å². The van der Waals surface area contributed by atoms with E-state index in [1.54, 1.807) is 0 Å². The van der Waals surface area contributed by atoms with Crippen molar-refractivity contribution in [3.05, 3.63) is 30.6 Å². The van der Waals surface area contributed by atoms with Crippen molar-refractivity contribution >= 4 is 11.0 Å². The van der Waals surface area contributed by atoms with E-state index in [4.69, 9.17) is 13.0 Å². The number of hydrogen-bond acceptors (Lipinski definition) is 2. The van der Waals surface area contributed by atoms with Crippen molar-refractivity contribution in [2.75, 3.05) is 0 Å². The van der Waals surface area contributed by atoms with E-state index >= 15 is 0 Å². The summed E-state index contributed by atoms with van der Waals surface area (Å²) in [6.45, 7) is 3.31. The van der Waals surface area contributed by atoms with Crippen molar-refractivity contribution in [2.45, 2.75) is 19.9 Å². The van der Waals surface area contributed by atoms with Gasteiger partial charge in [-0.3, -0.25) is 4.55 Å². The summed E-state index contributed by atoms with van der Waals surface area (Å²) in [5, 5.41) is 0. The lowest BCUT2D eigenvalue weighted by Gasteiger charge is -1.88. The van der Waals surface area contributed by atoms with Crippen LogP contribution < -0.4 is 4.57 Å². The fourth-order valence-corrected chi connectivity index (χ4v) is 0.842. The maximum absolute atomic E-state index is 8.59.